The van der Waals surface area contributed by atoms with E-state index in [0.29, 0.717) is 17.5 Å². The first-order chi connectivity index (χ1) is 8.34. The van der Waals surface area contributed by atoms with E-state index in [4.69, 9.17) is 5.26 Å². The van der Waals surface area contributed by atoms with E-state index in [1.165, 1.54) is 25.7 Å². The van der Waals surface area contributed by atoms with Crippen molar-refractivity contribution < 1.29 is 0 Å². The molecule has 0 radical (unpaired) electrons. The van der Waals surface area contributed by atoms with Crippen LogP contribution in [0.1, 0.15) is 53.4 Å². The predicted molar refractivity (Wildman–Crippen MR) is 76.3 cm³/mol. The second kappa shape index (κ2) is 6.54. The Kier molecular flexibility index (Phi) is 5.62. The zero-order chi connectivity index (χ0) is 13.8. The zero-order valence-electron chi connectivity index (χ0n) is 12.7. The topological polar surface area (TPSA) is 39.1 Å². The van der Waals surface area contributed by atoms with Crippen molar-refractivity contribution in [3.8, 4) is 6.07 Å². The number of likely N-dealkylation sites (N-methyl/N-ethyl adjacent to an activating group) is 1. The van der Waals surface area contributed by atoms with E-state index in [1.807, 2.05) is 0 Å². The Morgan fingerprint density at radius 2 is 1.89 bits per heavy atom. The minimum atomic E-state index is -0.0510. The van der Waals surface area contributed by atoms with Gasteiger partial charge in [0.1, 0.15) is 6.04 Å². The van der Waals surface area contributed by atoms with Crippen LogP contribution < -0.4 is 5.32 Å². The summed E-state index contributed by atoms with van der Waals surface area (Å²) in [6, 6.07) is 3.34. The van der Waals surface area contributed by atoms with Crippen LogP contribution in [0.25, 0.3) is 0 Å². The first-order valence-corrected chi connectivity index (χ1v) is 7.20. The van der Waals surface area contributed by atoms with E-state index in [-0.39, 0.29) is 6.04 Å². The molecule has 0 heterocycles. The van der Waals surface area contributed by atoms with E-state index in [1.54, 1.807) is 0 Å². The number of rotatable bonds is 5. The van der Waals surface area contributed by atoms with E-state index in [9.17, 15) is 0 Å². The molecule has 18 heavy (non-hydrogen) atoms. The molecule has 0 aliphatic heterocycles. The van der Waals surface area contributed by atoms with E-state index < -0.39 is 0 Å². The van der Waals surface area contributed by atoms with Gasteiger partial charge in [-0.25, -0.2) is 0 Å². The molecule has 104 valence electrons. The molecule has 1 rings (SSSR count). The van der Waals surface area contributed by atoms with Crippen LogP contribution >= 0.6 is 0 Å². The lowest BCUT2D eigenvalue weighted by Crippen LogP contribution is -2.46. The smallest absolute Gasteiger partial charge is 0.108 e. The molecule has 0 amide bonds. The van der Waals surface area contributed by atoms with Crippen LogP contribution in [0, 0.1) is 16.7 Å². The van der Waals surface area contributed by atoms with E-state index in [2.05, 4.69) is 51.0 Å². The minimum absolute atomic E-state index is 0.0510. The first-order valence-electron chi connectivity index (χ1n) is 7.20. The highest BCUT2D eigenvalue weighted by atomic mass is 15.2. The Morgan fingerprint density at radius 1 is 1.33 bits per heavy atom. The lowest BCUT2D eigenvalue weighted by molar-refractivity contribution is 0.123. The van der Waals surface area contributed by atoms with Gasteiger partial charge in [0.25, 0.3) is 0 Å². The van der Waals surface area contributed by atoms with Gasteiger partial charge in [0.2, 0.25) is 0 Å². The molecule has 1 unspecified atom stereocenters. The summed E-state index contributed by atoms with van der Waals surface area (Å²) in [7, 11) is 2.16. The molecule has 0 spiro atoms. The third-order valence-corrected chi connectivity index (χ3v) is 4.09. The average Bonchev–Trinajstić information content (AvgIpc) is 2.27. The van der Waals surface area contributed by atoms with Crippen LogP contribution in [0.3, 0.4) is 0 Å². The van der Waals surface area contributed by atoms with E-state index >= 15 is 0 Å². The van der Waals surface area contributed by atoms with Crippen molar-refractivity contribution in [1.82, 2.24) is 10.2 Å². The summed E-state index contributed by atoms with van der Waals surface area (Å²) >= 11 is 0. The molecular weight excluding hydrogens is 222 g/mol. The fourth-order valence-electron chi connectivity index (χ4n) is 2.80. The summed E-state index contributed by atoms with van der Waals surface area (Å²) in [5, 5.41) is 12.5. The molecule has 1 aliphatic carbocycles. The highest BCUT2D eigenvalue weighted by Crippen LogP contribution is 2.36. The zero-order valence-corrected chi connectivity index (χ0v) is 12.7. The fraction of sp³-hybridized carbons (Fsp3) is 0.933. The van der Waals surface area contributed by atoms with Gasteiger partial charge in [0, 0.05) is 18.6 Å². The van der Waals surface area contributed by atoms with Crippen LogP contribution in [0.2, 0.25) is 0 Å². The summed E-state index contributed by atoms with van der Waals surface area (Å²) in [5.74, 6) is 0. The number of nitrogens with zero attached hydrogens (tertiary/aromatic N) is 2. The lowest BCUT2D eigenvalue weighted by Gasteiger charge is -2.39. The van der Waals surface area contributed by atoms with E-state index in [0.717, 1.165) is 6.54 Å². The highest BCUT2D eigenvalue weighted by Gasteiger charge is 2.29. The number of hydrogen-bond donors (Lipinski definition) is 1. The van der Waals surface area contributed by atoms with Crippen molar-refractivity contribution in [2.45, 2.75) is 71.5 Å². The summed E-state index contributed by atoms with van der Waals surface area (Å²) in [6.45, 7) is 9.74. The third kappa shape index (κ3) is 4.96. The predicted octanol–water partition coefficient (Wildman–Crippen LogP) is 2.78. The Hall–Kier alpha value is -0.590. The molecule has 3 nitrogen and oxygen atoms in total. The summed E-state index contributed by atoms with van der Waals surface area (Å²) in [5.41, 5.74) is 0.516. The maximum Gasteiger partial charge on any atom is 0.108 e. The van der Waals surface area contributed by atoms with Crippen molar-refractivity contribution >= 4 is 0 Å². The second-order valence-corrected chi connectivity index (χ2v) is 6.84. The Morgan fingerprint density at radius 3 is 2.33 bits per heavy atom. The molecule has 1 aliphatic rings. The SMILES string of the molecule is CC(C)NC(C#N)CN(C)C1CCC(C)(C)CC1. The quantitative estimate of drug-likeness (QED) is 0.816. The van der Waals surface area contributed by atoms with Gasteiger partial charge in [-0.3, -0.25) is 5.32 Å². The van der Waals surface area contributed by atoms with Crippen molar-refractivity contribution in [1.29, 1.82) is 5.26 Å². The Labute approximate surface area is 113 Å². The molecule has 0 aromatic heterocycles. The monoisotopic (exact) mass is 251 g/mol. The van der Waals surface area contributed by atoms with Gasteiger partial charge in [-0.1, -0.05) is 13.8 Å². The van der Waals surface area contributed by atoms with Gasteiger partial charge in [0.15, 0.2) is 0 Å². The molecular formula is C15H29N3. The molecule has 3 heteroatoms. The van der Waals surface area contributed by atoms with Gasteiger partial charge in [0.05, 0.1) is 6.07 Å². The van der Waals surface area contributed by atoms with Gasteiger partial charge < -0.3 is 4.90 Å². The molecule has 1 saturated carbocycles. The molecule has 1 fully saturated rings. The standard InChI is InChI=1S/C15H29N3/c1-12(2)17-13(10-16)11-18(5)14-6-8-15(3,4)9-7-14/h12-14,17H,6-9,11H2,1-5H3. The first kappa shape index (κ1) is 15.5. The maximum atomic E-state index is 9.17. The fourth-order valence-corrected chi connectivity index (χ4v) is 2.80. The minimum Gasteiger partial charge on any atom is -0.301 e. The molecule has 0 aromatic rings. The molecule has 1 N–H and O–H groups in total. The van der Waals surface area contributed by atoms with Gasteiger partial charge in [-0.05, 0) is 52.0 Å². The van der Waals surface area contributed by atoms with Crippen LogP contribution in [0.15, 0.2) is 0 Å². The summed E-state index contributed by atoms with van der Waals surface area (Å²) in [6.07, 6.45) is 5.14. The maximum absolute atomic E-state index is 9.17. The Bertz CT molecular complexity index is 281. The van der Waals surface area contributed by atoms with Gasteiger partial charge in [-0.2, -0.15) is 5.26 Å². The largest absolute Gasteiger partial charge is 0.301 e. The van der Waals surface area contributed by atoms with Crippen molar-refractivity contribution in [2.24, 2.45) is 5.41 Å². The Balaban J connectivity index is 2.41. The highest BCUT2D eigenvalue weighted by molar-refractivity contribution is 4.94. The van der Waals surface area contributed by atoms with Crippen LogP contribution in [-0.2, 0) is 0 Å². The van der Waals surface area contributed by atoms with Crippen LogP contribution in [-0.4, -0.2) is 36.6 Å². The van der Waals surface area contributed by atoms with Crippen molar-refractivity contribution in [3.63, 3.8) is 0 Å². The number of nitriles is 1. The number of hydrogen-bond acceptors (Lipinski definition) is 3. The second-order valence-electron chi connectivity index (χ2n) is 6.84. The molecule has 1 atom stereocenters. The number of nitrogens with one attached hydrogen (secondary N) is 1. The van der Waals surface area contributed by atoms with Gasteiger partial charge >= 0.3 is 0 Å². The van der Waals surface area contributed by atoms with Gasteiger partial charge in [-0.15, -0.1) is 0 Å². The summed E-state index contributed by atoms with van der Waals surface area (Å²) < 4.78 is 0. The summed E-state index contributed by atoms with van der Waals surface area (Å²) in [4.78, 5) is 2.37. The van der Waals surface area contributed by atoms with Crippen LogP contribution in [0.5, 0.6) is 0 Å². The molecule has 0 aromatic carbocycles. The molecule has 0 bridgehead atoms. The third-order valence-electron chi connectivity index (χ3n) is 4.09. The normalized spacial score (nSPS) is 22.1. The molecule has 0 saturated heterocycles. The average molecular weight is 251 g/mol. The van der Waals surface area contributed by atoms with Crippen LogP contribution in [0.4, 0.5) is 0 Å². The van der Waals surface area contributed by atoms with Crippen molar-refractivity contribution in [3.05, 3.63) is 0 Å². The van der Waals surface area contributed by atoms with Crippen molar-refractivity contribution in [2.75, 3.05) is 13.6 Å². The lowest BCUT2D eigenvalue weighted by atomic mass is 9.75.